The summed E-state index contributed by atoms with van der Waals surface area (Å²) >= 11 is 1.34. The van der Waals surface area contributed by atoms with Crippen molar-refractivity contribution in [1.29, 1.82) is 0 Å². The molecule has 0 amide bonds. The fourth-order valence-corrected chi connectivity index (χ4v) is 4.45. The van der Waals surface area contributed by atoms with Gasteiger partial charge in [-0.1, -0.05) is 42.1 Å². The Kier molecular flexibility index (Phi) is 6.08. The quantitative estimate of drug-likeness (QED) is 0.285. The number of benzene rings is 2. The van der Waals surface area contributed by atoms with Crippen LogP contribution in [0.5, 0.6) is 5.75 Å². The number of carbonyl (C=O) groups is 1. The number of thioether (sulfide) groups is 1. The number of carbonyl (C=O) groups excluding carboxylic acids is 1. The normalized spacial score (nSPS) is 12.3. The Morgan fingerprint density at radius 2 is 1.90 bits per heavy atom. The average Bonchev–Trinajstić information content (AvgIpc) is 3.35. The monoisotopic (exact) mass is 438 g/mol. The summed E-state index contributed by atoms with van der Waals surface area (Å²) in [4.78, 5) is 12.9. The Labute approximate surface area is 184 Å². The molecule has 1 atom stereocenters. The third-order valence-electron chi connectivity index (χ3n) is 5.10. The molecular formula is C23H23FN4O2S. The predicted octanol–water partition coefficient (Wildman–Crippen LogP) is 5.04. The molecule has 2 heterocycles. The highest BCUT2D eigenvalue weighted by molar-refractivity contribution is 7.99. The van der Waals surface area contributed by atoms with Gasteiger partial charge in [0.25, 0.3) is 0 Å². The van der Waals surface area contributed by atoms with E-state index in [1.54, 1.807) is 25.1 Å². The maximum Gasteiger partial charge on any atom is 0.191 e. The number of aryl methyl sites for hydroxylation is 1. The van der Waals surface area contributed by atoms with Gasteiger partial charge in [-0.2, -0.15) is 0 Å². The Hall–Kier alpha value is -3.13. The topological polar surface area (TPSA) is 61.9 Å². The SMILES string of the molecule is CCn1c(SCC(=O)c2cn(C)c3ccccc23)nnc1C(C)Oc1ccccc1F. The van der Waals surface area contributed by atoms with Crippen molar-refractivity contribution in [1.82, 2.24) is 19.3 Å². The molecule has 6 nitrogen and oxygen atoms in total. The van der Waals surface area contributed by atoms with E-state index in [2.05, 4.69) is 10.2 Å². The summed E-state index contributed by atoms with van der Waals surface area (Å²) in [6.45, 7) is 4.38. The molecule has 31 heavy (non-hydrogen) atoms. The molecule has 0 saturated heterocycles. The van der Waals surface area contributed by atoms with Crippen LogP contribution in [0.1, 0.15) is 36.1 Å². The van der Waals surface area contributed by atoms with Gasteiger partial charge in [0.05, 0.1) is 5.75 Å². The smallest absolute Gasteiger partial charge is 0.191 e. The molecule has 0 aliphatic carbocycles. The summed E-state index contributed by atoms with van der Waals surface area (Å²) in [6, 6.07) is 14.1. The van der Waals surface area contributed by atoms with Crippen LogP contribution >= 0.6 is 11.8 Å². The van der Waals surface area contributed by atoms with Crippen LogP contribution in [0.2, 0.25) is 0 Å². The van der Waals surface area contributed by atoms with Gasteiger partial charge in [-0.25, -0.2) is 4.39 Å². The average molecular weight is 439 g/mol. The second kappa shape index (κ2) is 8.93. The van der Waals surface area contributed by atoms with E-state index in [9.17, 15) is 9.18 Å². The molecular weight excluding hydrogens is 415 g/mol. The van der Waals surface area contributed by atoms with Crippen LogP contribution in [0.15, 0.2) is 59.9 Å². The van der Waals surface area contributed by atoms with E-state index < -0.39 is 11.9 Å². The number of Topliss-reactive ketones (excluding diaryl/α,β-unsaturated/α-hetero) is 1. The molecule has 4 aromatic rings. The Morgan fingerprint density at radius 1 is 1.16 bits per heavy atom. The molecule has 0 fully saturated rings. The van der Waals surface area contributed by atoms with Crippen molar-refractivity contribution < 1.29 is 13.9 Å². The molecule has 0 aliphatic heterocycles. The second-order valence-corrected chi connectivity index (χ2v) is 8.10. The summed E-state index contributed by atoms with van der Waals surface area (Å²) in [5.41, 5.74) is 1.72. The minimum atomic E-state index is -0.493. The maximum atomic E-state index is 13.9. The predicted molar refractivity (Wildman–Crippen MR) is 119 cm³/mol. The highest BCUT2D eigenvalue weighted by Crippen LogP contribution is 2.27. The lowest BCUT2D eigenvalue weighted by Gasteiger charge is -2.15. The van der Waals surface area contributed by atoms with Gasteiger partial charge in [-0.05, 0) is 32.0 Å². The number of hydrogen-bond acceptors (Lipinski definition) is 5. The third-order valence-corrected chi connectivity index (χ3v) is 6.06. The highest BCUT2D eigenvalue weighted by atomic mass is 32.2. The zero-order valence-corrected chi connectivity index (χ0v) is 18.4. The second-order valence-electron chi connectivity index (χ2n) is 7.16. The Bertz CT molecular complexity index is 1230. The lowest BCUT2D eigenvalue weighted by Crippen LogP contribution is -2.13. The van der Waals surface area contributed by atoms with E-state index in [0.717, 1.165) is 10.9 Å². The Morgan fingerprint density at radius 3 is 2.68 bits per heavy atom. The van der Waals surface area contributed by atoms with Crippen molar-refractivity contribution in [3.8, 4) is 5.75 Å². The van der Waals surface area contributed by atoms with Crippen LogP contribution in [-0.4, -0.2) is 30.9 Å². The van der Waals surface area contributed by atoms with Crippen LogP contribution in [0.4, 0.5) is 4.39 Å². The highest BCUT2D eigenvalue weighted by Gasteiger charge is 2.21. The molecule has 0 bridgehead atoms. The molecule has 2 aromatic carbocycles. The molecule has 1 unspecified atom stereocenters. The number of hydrogen-bond donors (Lipinski definition) is 0. The first-order chi connectivity index (χ1) is 15.0. The first-order valence-electron chi connectivity index (χ1n) is 10.0. The minimum Gasteiger partial charge on any atom is -0.480 e. The van der Waals surface area contributed by atoms with E-state index in [0.29, 0.717) is 23.1 Å². The maximum absolute atomic E-state index is 13.9. The first-order valence-corrected chi connectivity index (χ1v) is 11.0. The van der Waals surface area contributed by atoms with Crippen molar-refractivity contribution in [2.24, 2.45) is 7.05 Å². The zero-order valence-electron chi connectivity index (χ0n) is 17.6. The first kappa shape index (κ1) is 21.1. The zero-order chi connectivity index (χ0) is 22.0. The molecule has 0 saturated carbocycles. The van der Waals surface area contributed by atoms with Crippen molar-refractivity contribution in [3.05, 3.63) is 71.9 Å². The van der Waals surface area contributed by atoms with E-state index in [-0.39, 0.29) is 17.3 Å². The van der Waals surface area contributed by atoms with Crippen LogP contribution < -0.4 is 4.74 Å². The molecule has 160 valence electrons. The fraction of sp³-hybridized carbons (Fsp3) is 0.261. The third kappa shape index (κ3) is 4.20. The van der Waals surface area contributed by atoms with E-state index >= 15 is 0 Å². The molecule has 0 aliphatic rings. The summed E-state index contributed by atoms with van der Waals surface area (Å²) in [5.74, 6) is 0.609. The number of ketones is 1. The fourth-order valence-electron chi connectivity index (χ4n) is 3.56. The standard InChI is InChI=1S/C23H23FN4O2S/c1-4-28-22(15(2)30-21-12-8-6-10-18(21)24)25-26-23(28)31-14-20(29)17-13-27(3)19-11-7-5-9-16(17)19/h5-13,15H,4,14H2,1-3H3. The van der Waals surface area contributed by atoms with Crippen molar-refractivity contribution in [3.63, 3.8) is 0 Å². The number of aromatic nitrogens is 4. The number of ether oxygens (including phenoxy) is 1. The van der Waals surface area contributed by atoms with E-state index in [1.165, 1.54) is 17.8 Å². The van der Waals surface area contributed by atoms with E-state index in [1.807, 2.05) is 53.6 Å². The van der Waals surface area contributed by atoms with Crippen LogP contribution in [0.3, 0.4) is 0 Å². The largest absolute Gasteiger partial charge is 0.480 e. The lowest BCUT2D eigenvalue weighted by molar-refractivity contribution is 0.102. The van der Waals surface area contributed by atoms with Crippen molar-refractivity contribution >= 4 is 28.4 Å². The molecule has 0 N–H and O–H groups in total. The van der Waals surface area contributed by atoms with Gasteiger partial charge in [0.2, 0.25) is 0 Å². The van der Waals surface area contributed by atoms with Gasteiger partial charge in [-0.3, -0.25) is 4.79 Å². The van der Waals surface area contributed by atoms with Gasteiger partial charge >= 0.3 is 0 Å². The number of nitrogens with zero attached hydrogens (tertiary/aromatic N) is 4. The van der Waals surface area contributed by atoms with Crippen molar-refractivity contribution in [2.75, 3.05) is 5.75 Å². The van der Waals surface area contributed by atoms with Crippen LogP contribution in [-0.2, 0) is 13.6 Å². The van der Waals surface area contributed by atoms with Gasteiger partial charge < -0.3 is 13.9 Å². The lowest BCUT2D eigenvalue weighted by atomic mass is 10.1. The Balaban J connectivity index is 1.50. The van der Waals surface area contributed by atoms with Gasteiger partial charge in [0.15, 0.2) is 34.4 Å². The summed E-state index contributed by atoms with van der Waals surface area (Å²) in [7, 11) is 1.93. The number of rotatable bonds is 8. The number of fused-ring (bicyclic) bond motifs is 1. The van der Waals surface area contributed by atoms with Gasteiger partial charge in [0, 0.05) is 36.3 Å². The number of halogens is 1. The molecule has 8 heteroatoms. The summed E-state index contributed by atoms with van der Waals surface area (Å²) in [6.07, 6.45) is 1.38. The number of para-hydroxylation sites is 2. The molecule has 2 aromatic heterocycles. The summed E-state index contributed by atoms with van der Waals surface area (Å²) in [5, 5.41) is 10.1. The summed E-state index contributed by atoms with van der Waals surface area (Å²) < 4.78 is 23.5. The van der Waals surface area contributed by atoms with Crippen LogP contribution in [0, 0.1) is 5.82 Å². The van der Waals surface area contributed by atoms with Gasteiger partial charge in [0.1, 0.15) is 0 Å². The van der Waals surface area contributed by atoms with Crippen molar-refractivity contribution in [2.45, 2.75) is 31.7 Å². The minimum absolute atomic E-state index is 0.0321. The van der Waals surface area contributed by atoms with E-state index in [4.69, 9.17) is 4.74 Å². The van der Waals surface area contributed by atoms with Gasteiger partial charge in [-0.15, -0.1) is 10.2 Å². The molecule has 0 radical (unpaired) electrons. The molecule has 0 spiro atoms. The molecule has 4 rings (SSSR count). The van der Waals surface area contributed by atoms with Crippen LogP contribution in [0.25, 0.3) is 10.9 Å².